The minimum Gasteiger partial charge on any atom is -0.494 e. The number of nitrogens with zero attached hydrogens (tertiary/aromatic N) is 1. The Morgan fingerprint density at radius 1 is 1.37 bits per heavy atom. The van der Waals surface area contributed by atoms with Crippen molar-refractivity contribution in [2.45, 2.75) is 0 Å². The fourth-order valence-corrected chi connectivity index (χ4v) is 2.02. The number of pyridine rings is 1. The van der Waals surface area contributed by atoms with Crippen LogP contribution in [0.5, 0.6) is 5.88 Å². The van der Waals surface area contributed by atoms with E-state index >= 15 is 0 Å². The molecule has 2 rings (SSSR count). The molecule has 7 heteroatoms. The molecular formula is C12H18N4O3. The topological polar surface area (TPSA) is 97.5 Å². The van der Waals surface area contributed by atoms with Gasteiger partial charge >= 0.3 is 0 Å². The monoisotopic (exact) mass is 266 g/mol. The van der Waals surface area contributed by atoms with E-state index in [0.29, 0.717) is 6.54 Å². The minimum atomic E-state index is -0.493. The summed E-state index contributed by atoms with van der Waals surface area (Å²) >= 11 is 0. The lowest BCUT2D eigenvalue weighted by Crippen LogP contribution is -2.46. The van der Waals surface area contributed by atoms with Crippen molar-refractivity contribution in [3.63, 3.8) is 0 Å². The molecule has 4 N–H and O–H groups in total. The number of amides is 1. The summed E-state index contributed by atoms with van der Waals surface area (Å²) in [6.07, 6.45) is 0. The average Bonchev–Trinajstić information content (AvgIpc) is 2.38. The van der Waals surface area contributed by atoms with Crippen molar-refractivity contribution in [3.8, 4) is 5.88 Å². The molecule has 0 radical (unpaired) electrons. The standard InChI is InChI=1S/C12H18N4O3/c17-10-7-9(8-11(18)15-10)12(19)14-3-6-16-4-1-13-2-5-16/h7-8,13H,1-6H2,(H,14,19)(H2,15,17,18). The van der Waals surface area contributed by atoms with Crippen LogP contribution < -0.4 is 16.2 Å². The van der Waals surface area contributed by atoms with Crippen LogP contribution in [0.3, 0.4) is 0 Å². The Bertz CT molecular complexity index is 494. The number of hydrogen-bond donors (Lipinski definition) is 4. The highest BCUT2D eigenvalue weighted by Crippen LogP contribution is 2.03. The van der Waals surface area contributed by atoms with E-state index in [1.807, 2.05) is 0 Å². The van der Waals surface area contributed by atoms with Gasteiger partial charge < -0.3 is 15.7 Å². The number of piperazine rings is 1. The van der Waals surface area contributed by atoms with Crippen molar-refractivity contribution in [1.29, 1.82) is 0 Å². The van der Waals surface area contributed by atoms with Crippen LogP contribution >= 0.6 is 0 Å². The third kappa shape index (κ3) is 4.08. The summed E-state index contributed by atoms with van der Waals surface area (Å²) in [5, 5.41) is 15.2. The third-order valence-corrected chi connectivity index (χ3v) is 3.02. The molecule has 0 saturated carbocycles. The van der Waals surface area contributed by atoms with Gasteiger partial charge in [-0.3, -0.25) is 19.5 Å². The van der Waals surface area contributed by atoms with Gasteiger partial charge in [0.15, 0.2) is 5.88 Å². The molecule has 7 nitrogen and oxygen atoms in total. The molecule has 0 aromatic carbocycles. The van der Waals surface area contributed by atoms with Crippen molar-refractivity contribution in [2.75, 3.05) is 39.3 Å². The normalized spacial score (nSPS) is 16.2. The molecule has 1 fully saturated rings. The second kappa shape index (κ2) is 6.35. The highest BCUT2D eigenvalue weighted by molar-refractivity contribution is 5.94. The SMILES string of the molecule is O=C(NCCN1CCNCC1)c1cc(O)[nH]c(=O)c1. The number of H-pyrrole nitrogens is 1. The zero-order valence-electron chi connectivity index (χ0n) is 10.6. The Morgan fingerprint density at radius 2 is 2.11 bits per heavy atom. The molecule has 2 heterocycles. The molecule has 1 aromatic heterocycles. The third-order valence-electron chi connectivity index (χ3n) is 3.02. The lowest BCUT2D eigenvalue weighted by atomic mass is 10.2. The second-order valence-electron chi connectivity index (χ2n) is 4.47. The molecule has 0 atom stereocenters. The van der Waals surface area contributed by atoms with Crippen molar-refractivity contribution in [1.82, 2.24) is 20.5 Å². The summed E-state index contributed by atoms with van der Waals surface area (Å²) in [6.45, 7) is 5.18. The number of carbonyl (C=O) groups is 1. The van der Waals surface area contributed by atoms with E-state index in [0.717, 1.165) is 32.7 Å². The van der Waals surface area contributed by atoms with E-state index in [-0.39, 0.29) is 17.4 Å². The van der Waals surface area contributed by atoms with Crippen LogP contribution in [0.4, 0.5) is 0 Å². The van der Waals surface area contributed by atoms with E-state index < -0.39 is 5.56 Å². The van der Waals surface area contributed by atoms with Gasteiger partial charge in [0.2, 0.25) is 0 Å². The van der Waals surface area contributed by atoms with Gasteiger partial charge in [-0.1, -0.05) is 0 Å². The molecule has 1 aliphatic rings. The van der Waals surface area contributed by atoms with Crippen LogP contribution in [0.1, 0.15) is 10.4 Å². The van der Waals surface area contributed by atoms with Gasteiger partial charge in [-0.05, 0) is 0 Å². The van der Waals surface area contributed by atoms with Crippen LogP contribution in [0.2, 0.25) is 0 Å². The maximum absolute atomic E-state index is 11.8. The van der Waals surface area contributed by atoms with E-state index in [2.05, 4.69) is 20.5 Å². The number of aromatic nitrogens is 1. The highest BCUT2D eigenvalue weighted by Gasteiger charge is 2.11. The molecule has 1 aliphatic heterocycles. The van der Waals surface area contributed by atoms with Crippen LogP contribution in [-0.4, -0.2) is 60.2 Å². The predicted molar refractivity (Wildman–Crippen MR) is 70.4 cm³/mol. The maximum Gasteiger partial charge on any atom is 0.251 e. The largest absolute Gasteiger partial charge is 0.494 e. The summed E-state index contributed by atoms with van der Waals surface area (Å²) in [5.74, 6) is -0.656. The summed E-state index contributed by atoms with van der Waals surface area (Å²) in [7, 11) is 0. The zero-order valence-corrected chi connectivity index (χ0v) is 10.6. The molecule has 0 spiro atoms. The molecule has 0 bridgehead atoms. The van der Waals surface area contributed by atoms with Gasteiger partial charge in [0, 0.05) is 51.4 Å². The fourth-order valence-electron chi connectivity index (χ4n) is 2.02. The van der Waals surface area contributed by atoms with Gasteiger partial charge in [0.1, 0.15) is 0 Å². The van der Waals surface area contributed by atoms with Gasteiger partial charge in [0.05, 0.1) is 5.56 Å². The van der Waals surface area contributed by atoms with Crippen LogP contribution in [-0.2, 0) is 0 Å². The van der Waals surface area contributed by atoms with Crippen LogP contribution in [0, 0.1) is 0 Å². The Hall–Kier alpha value is -1.86. The first kappa shape index (κ1) is 13.6. The van der Waals surface area contributed by atoms with Crippen molar-refractivity contribution in [3.05, 3.63) is 28.0 Å². The zero-order chi connectivity index (χ0) is 13.7. The second-order valence-corrected chi connectivity index (χ2v) is 4.47. The first-order valence-corrected chi connectivity index (χ1v) is 6.30. The average molecular weight is 266 g/mol. The number of rotatable bonds is 4. The quantitative estimate of drug-likeness (QED) is 0.544. The first-order chi connectivity index (χ1) is 9.15. The Kier molecular flexibility index (Phi) is 4.53. The lowest BCUT2D eigenvalue weighted by molar-refractivity contribution is 0.0946. The van der Waals surface area contributed by atoms with Gasteiger partial charge in [-0.2, -0.15) is 0 Å². The number of nitrogens with one attached hydrogen (secondary N) is 3. The fraction of sp³-hybridized carbons (Fsp3) is 0.500. The molecule has 1 aromatic rings. The van der Waals surface area contributed by atoms with E-state index in [4.69, 9.17) is 0 Å². The maximum atomic E-state index is 11.8. The Balaban J connectivity index is 1.82. The van der Waals surface area contributed by atoms with Gasteiger partial charge in [0.25, 0.3) is 11.5 Å². The lowest BCUT2D eigenvalue weighted by Gasteiger charge is -2.27. The van der Waals surface area contributed by atoms with Gasteiger partial charge in [-0.25, -0.2) is 0 Å². The van der Waals surface area contributed by atoms with Crippen molar-refractivity contribution >= 4 is 5.91 Å². The van der Waals surface area contributed by atoms with Crippen molar-refractivity contribution < 1.29 is 9.90 Å². The molecule has 0 aliphatic carbocycles. The summed E-state index contributed by atoms with van der Waals surface area (Å²) < 4.78 is 0. The number of aromatic amines is 1. The predicted octanol–water partition coefficient (Wildman–Crippen LogP) is -1.28. The summed E-state index contributed by atoms with van der Waals surface area (Å²) in [5.41, 5.74) is -0.325. The summed E-state index contributed by atoms with van der Waals surface area (Å²) in [4.78, 5) is 27.3. The Labute approximate surface area is 110 Å². The van der Waals surface area contributed by atoms with E-state index in [9.17, 15) is 14.7 Å². The molecule has 0 unspecified atom stereocenters. The van der Waals surface area contributed by atoms with Crippen LogP contribution in [0.25, 0.3) is 0 Å². The number of carbonyl (C=O) groups excluding carboxylic acids is 1. The highest BCUT2D eigenvalue weighted by atomic mass is 16.3. The summed E-state index contributed by atoms with van der Waals surface area (Å²) in [6, 6.07) is 2.40. The molecule has 1 amide bonds. The minimum absolute atomic E-state index is 0.168. The number of hydrogen-bond acceptors (Lipinski definition) is 5. The Morgan fingerprint density at radius 3 is 2.79 bits per heavy atom. The smallest absolute Gasteiger partial charge is 0.251 e. The van der Waals surface area contributed by atoms with E-state index in [1.54, 1.807) is 0 Å². The van der Waals surface area contributed by atoms with Crippen molar-refractivity contribution in [2.24, 2.45) is 0 Å². The van der Waals surface area contributed by atoms with E-state index in [1.165, 1.54) is 12.1 Å². The van der Waals surface area contributed by atoms with Gasteiger partial charge in [-0.15, -0.1) is 0 Å². The molecule has 19 heavy (non-hydrogen) atoms. The number of aromatic hydroxyl groups is 1. The first-order valence-electron chi connectivity index (χ1n) is 6.30. The molecular weight excluding hydrogens is 248 g/mol. The van der Waals surface area contributed by atoms with Crippen LogP contribution in [0.15, 0.2) is 16.9 Å². The molecule has 1 saturated heterocycles. The molecule has 104 valence electrons.